The highest BCUT2D eigenvalue weighted by molar-refractivity contribution is 5.91. The summed E-state index contributed by atoms with van der Waals surface area (Å²) in [5.41, 5.74) is 1.82. The second kappa shape index (κ2) is 5.43. The van der Waals surface area contributed by atoms with E-state index in [-0.39, 0.29) is 16.9 Å². The van der Waals surface area contributed by atoms with Crippen molar-refractivity contribution in [2.24, 2.45) is 40.4 Å². The number of allylic oxidation sites excluding steroid dienone is 1. The van der Waals surface area contributed by atoms with Gasteiger partial charge in [-0.15, -0.1) is 0 Å². The van der Waals surface area contributed by atoms with Crippen LogP contribution in [0.3, 0.4) is 0 Å². The van der Waals surface area contributed by atoms with Gasteiger partial charge in [0.15, 0.2) is 5.78 Å². The second-order valence-corrected chi connectivity index (χ2v) is 10.1. The molecule has 4 aliphatic carbocycles. The van der Waals surface area contributed by atoms with E-state index in [1.165, 1.54) is 31.3 Å². The van der Waals surface area contributed by atoms with Crippen molar-refractivity contribution < 1.29 is 9.90 Å². The van der Waals surface area contributed by atoms with E-state index < -0.39 is 0 Å². The number of aliphatic hydroxyl groups is 1. The van der Waals surface area contributed by atoms with Gasteiger partial charge in [-0.25, -0.2) is 0 Å². The Morgan fingerprint density at radius 1 is 1.12 bits per heavy atom. The molecule has 0 amide bonds. The van der Waals surface area contributed by atoms with Gasteiger partial charge in [-0.2, -0.15) is 0 Å². The predicted molar refractivity (Wildman–Crippen MR) is 96.4 cm³/mol. The van der Waals surface area contributed by atoms with Gasteiger partial charge in [0.25, 0.3) is 0 Å². The maximum atomic E-state index is 11.9. The van der Waals surface area contributed by atoms with E-state index in [2.05, 4.69) is 27.7 Å². The molecule has 3 fully saturated rings. The molecule has 134 valence electrons. The molecule has 7 atom stereocenters. The SMILES string of the molecule is CC(C)C1C[C@H]2[C@@H]3CCC4=CC(=O)CC[C@]4(C)[C@H]3CC[C@]2(C)[C@H]1O. The first-order chi connectivity index (χ1) is 11.3. The first-order valence-corrected chi connectivity index (χ1v) is 10.2. The van der Waals surface area contributed by atoms with Crippen molar-refractivity contribution >= 4 is 5.78 Å². The maximum Gasteiger partial charge on any atom is 0.155 e. The Morgan fingerprint density at radius 3 is 2.58 bits per heavy atom. The molecular formula is C22H34O2. The summed E-state index contributed by atoms with van der Waals surface area (Å²) < 4.78 is 0. The number of rotatable bonds is 1. The van der Waals surface area contributed by atoms with Gasteiger partial charge < -0.3 is 5.11 Å². The molecule has 0 radical (unpaired) electrons. The van der Waals surface area contributed by atoms with Crippen molar-refractivity contribution in [2.45, 2.75) is 78.7 Å². The lowest BCUT2D eigenvalue weighted by Crippen LogP contribution is -2.51. The Balaban J connectivity index is 1.67. The Hall–Kier alpha value is -0.630. The highest BCUT2D eigenvalue weighted by Crippen LogP contribution is 2.66. The quantitative estimate of drug-likeness (QED) is 0.752. The fraction of sp³-hybridized carbons (Fsp3) is 0.864. The van der Waals surface area contributed by atoms with Crippen LogP contribution in [0.25, 0.3) is 0 Å². The smallest absolute Gasteiger partial charge is 0.155 e. The van der Waals surface area contributed by atoms with Crippen LogP contribution in [0.15, 0.2) is 11.6 Å². The molecule has 0 aliphatic heterocycles. The third kappa shape index (κ3) is 2.14. The van der Waals surface area contributed by atoms with Crippen LogP contribution in [0, 0.1) is 40.4 Å². The zero-order valence-corrected chi connectivity index (χ0v) is 15.8. The monoisotopic (exact) mass is 330 g/mol. The topological polar surface area (TPSA) is 37.3 Å². The normalized spacial score (nSPS) is 51.0. The van der Waals surface area contributed by atoms with Crippen molar-refractivity contribution in [3.05, 3.63) is 11.6 Å². The van der Waals surface area contributed by atoms with Gasteiger partial charge in [0.2, 0.25) is 0 Å². The van der Waals surface area contributed by atoms with E-state index in [0.29, 0.717) is 23.5 Å². The van der Waals surface area contributed by atoms with Crippen LogP contribution in [0.1, 0.15) is 72.6 Å². The van der Waals surface area contributed by atoms with Crippen molar-refractivity contribution in [1.29, 1.82) is 0 Å². The van der Waals surface area contributed by atoms with Gasteiger partial charge in [-0.05, 0) is 85.0 Å². The van der Waals surface area contributed by atoms with E-state index in [1.807, 2.05) is 6.08 Å². The fourth-order valence-corrected chi connectivity index (χ4v) is 7.27. The minimum Gasteiger partial charge on any atom is -0.392 e. The number of carbonyl (C=O) groups excluding carboxylic acids is 1. The highest BCUT2D eigenvalue weighted by Gasteiger charge is 2.61. The molecule has 24 heavy (non-hydrogen) atoms. The molecule has 1 N–H and O–H groups in total. The van der Waals surface area contributed by atoms with Gasteiger partial charge in [0, 0.05) is 6.42 Å². The average molecular weight is 331 g/mol. The number of fused-ring (bicyclic) bond motifs is 5. The first-order valence-electron chi connectivity index (χ1n) is 10.2. The number of hydrogen-bond acceptors (Lipinski definition) is 2. The Labute approximate surface area is 147 Å². The molecule has 0 saturated heterocycles. The highest BCUT2D eigenvalue weighted by atomic mass is 16.3. The molecule has 2 nitrogen and oxygen atoms in total. The lowest BCUT2D eigenvalue weighted by Gasteiger charge is -2.57. The molecule has 4 aliphatic rings. The van der Waals surface area contributed by atoms with Crippen LogP contribution in [0.4, 0.5) is 0 Å². The van der Waals surface area contributed by atoms with Crippen LogP contribution >= 0.6 is 0 Å². The van der Waals surface area contributed by atoms with Crippen molar-refractivity contribution in [3.63, 3.8) is 0 Å². The third-order valence-electron chi connectivity index (χ3n) is 8.86. The summed E-state index contributed by atoms with van der Waals surface area (Å²) >= 11 is 0. The zero-order valence-electron chi connectivity index (χ0n) is 15.8. The Kier molecular flexibility index (Phi) is 3.81. The van der Waals surface area contributed by atoms with Crippen LogP contribution in [-0.4, -0.2) is 17.0 Å². The number of aliphatic hydroxyl groups excluding tert-OH is 1. The van der Waals surface area contributed by atoms with Gasteiger partial charge in [0.1, 0.15) is 0 Å². The van der Waals surface area contributed by atoms with E-state index in [9.17, 15) is 9.90 Å². The van der Waals surface area contributed by atoms with Crippen LogP contribution in [-0.2, 0) is 4.79 Å². The number of carbonyl (C=O) groups is 1. The van der Waals surface area contributed by atoms with Crippen LogP contribution in [0.2, 0.25) is 0 Å². The first kappa shape index (κ1) is 16.8. The van der Waals surface area contributed by atoms with Gasteiger partial charge in [0.05, 0.1) is 6.10 Å². The van der Waals surface area contributed by atoms with E-state index in [4.69, 9.17) is 0 Å². The summed E-state index contributed by atoms with van der Waals surface area (Å²) in [5, 5.41) is 11.1. The standard InChI is InChI=1S/C22H34O2/c1-13(2)17-12-19-16-6-5-14-11-15(23)7-9-21(14,3)18(16)8-10-22(19,4)20(17)24/h11,13,16-20,24H,5-10,12H2,1-4H3/t16-,17?,18+,19+,20+,21+,22+/m1/s1. The summed E-state index contributed by atoms with van der Waals surface area (Å²) in [7, 11) is 0. The molecule has 4 rings (SSSR count). The average Bonchev–Trinajstić information content (AvgIpc) is 2.80. The second-order valence-electron chi connectivity index (χ2n) is 10.1. The summed E-state index contributed by atoms with van der Waals surface area (Å²) in [4.78, 5) is 11.9. The van der Waals surface area contributed by atoms with Crippen LogP contribution in [0.5, 0.6) is 0 Å². The molecule has 3 saturated carbocycles. The molecule has 0 bridgehead atoms. The molecular weight excluding hydrogens is 296 g/mol. The fourth-order valence-electron chi connectivity index (χ4n) is 7.27. The largest absolute Gasteiger partial charge is 0.392 e. The minimum atomic E-state index is -0.124. The summed E-state index contributed by atoms with van der Waals surface area (Å²) in [6.45, 7) is 9.37. The number of ketones is 1. The molecule has 2 heteroatoms. The number of hydrogen-bond donors (Lipinski definition) is 1. The Morgan fingerprint density at radius 2 is 1.88 bits per heavy atom. The van der Waals surface area contributed by atoms with Crippen molar-refractivity contribution in [1.82, 2.24) is 0 Å². The molecule has 0 aromatic carbocycles. The molecule has 0 spiro atoms. The van der Waals surface area contributed by atoms with Crippen molar-refractivity contribution in [2.75, 3.05) is 0 Å². The summed E-state index contributed by atoms with van der Waals surface area (Å²) in [6, 6.07) is 0. The third-order valence-corrected chi connectivity index (χ3v) is 8.86. The van der Waals surface area contributed by atoms with Crippen molar-refractivity contribution in [3.8, 4) is 0 Å². The van der Waals surface area contributed by atoms with E-state index in [0.717, 1.165) is 31.1 Å². The van der Waals surface area contributed by atoms with Crippen LogP contribution < -0.4 is 0 Å². The Bertz CT molecular complexity index is 577. The molecule has 0 aromatic heterocycles. The molecule has 0 aromatic rings. The minimum absolute atomic E-state index is 0.123. The summed E-state index contributed by atoms with van der Waals surface area (Å²) in [5.74, 6) is 3.53. The van der Waals surface area contributed by atoms with Gasteiger partial charge in [-0.3, -0.25) is 4.79 Å². The van der Waals surface area contributed by atoms with Gasteiger partial charge in [-0.1, -0.05) is 33.3 Å². The van der Waals surface area contributed by atoms with E-state index >= 15 is 0 Å². The lowest BCUT2D eigenvalue weighted by atomic mass is 9.47. The molecule has 0 heterocycles. The van der Waals surface area contributed by atoms with E-state index in [1.54, 1.807) is 0 Å². The zero-order chi connectivity index (χ0) is 17.3. The predicted octanol–water partition coefficient (Wildman–Crippen LogP) is 4.76. The maximum absolute atomic E-state index is 11.9. The molecule has 1 unspecified atom stereocenters. The lowest BCUT2D eigenvalue weighted by molar-refractivity contribution is -0.118. The summed E-state index contributed by atoms with van der Waals surface area (Å²) in [6.07, 6.45) is 9.62. The van der Waals surface area contributed by atoms with Gasteiger partial charge >= 0.3 is 0 Å².